The fourth-order valence-electron chi connectivity index (χ4n) is 7.05. The molecule has 1 heterocycles. The summed E-state index contributed by atoms with van der Waals surface area (Å²) in [6.45, 7) is 4.07. The predicted molar refractivity (Wildman–Crippen MR) is 148 cm³/mol. The van der Waals surface area contributed by atoms with E-state index in [9.17, 15) is 4.79 Å². The summed E-state index contributed by atoms with van der Waals surface area (Å²) in [5, 5.41) is 0. The molecule has 0 N–H and O–H groups in total. The molecule has 218 valence electrons. The monoisotopic (exact) mass is 534 g/mol. The highest BCUT2D eigenvalue weighted by molar-refractivity contribution is 5.76. The number of hydrogen-bond acceptors (Lipinski definition) is 5. The van der Waals surface area contributed by atoms with Crippen LogP contribution >= 0.6 is 0 Å². The summed E-state index contributed by atoms with van der Waals surface area (Å²) in [7, 11) is 0. The Kier molecular flexibility index (Phi) is 11.5. The van der Waals surface area contributed by atoms with Crippen LogP contribution in [0, 0.1) is 11.8 Å². The van der Waals surface area contributed by atoms with Gasteiger partial charge in [-0.3, -0.25) is 4.90 Å². The first-order valence-electron chi connectivity index (χ1n) is 16.2. The molecule has 1 aliphatic heterocycles. The van der Waals surface area contributed by atoms with Gasteiger partial charge in [0.25, 0.3) is 0 Å². The number of carbonyl (C=O) groups excluding carboxylic acids is 1. The Labute approximate surface area is 231 Å². The highest BCUT2D eigenvalue weighted by atomic mass is 16.5. The molecule has 4 saturated carbocycles. The summed E-state index contributed by atoms with van der Waals surface area (Å²) in [6.07, 6.45) is 23.3. The van der Waals surface area contributed by atoms with E-state index >= 15 is 0 Å². The highest BCUT2D eigenvalue weighted by Crippen LogP contribution is 2.35. The van der Waals surface area contributed by atoms with Crippen molar-refractivity contribution in [2.24, 2.45) is 11.8 Å². The molecule has 0 bridgehead atoms. The van der Waals surface area contributed by atoms with Crippen LogP contribution in [-0.4, -0.2) is 80.0 Å². The molecule has 7 nitrogen and oxygen atoms in total. The third-order valence-corrected chi connectivity index (χ3v) is 9.76. The summed E-state index contributed by atoms with van der Waals surface area (Å²) < 4.78 is 25.6. The van der Waals surface area contributed by atoms with Gasteiger partial charge in [0.1, 0.15) is 13.5 Å². The second-order valence-electron chi connectivity index (χ2n) is 12.8. The molecule has 0 aromatic carbocycles. The van der Waals surface area contributed by atoms with Crippen molar-refractivity contribution >= 4 is 6.03 Å². The molecule has 0 spiro atoms. The van der Waals surface area contributed by atoms with Gasteiger partial charge in [-0.15, -0.1) is 0 Å². The van der Waals surface area contributed by atoms with Crippen molar-refractivity contribution in [3.8, 4) is 0 Å². The largest absolute Gasteiger partial charge is 0.378 e. The zero-order valence-corrected chi connectivity index (χ0v) is 23.9. The summed E-state index contributed by atoms with van der Waals surface area (Å²) in [5.41, 5.74) is 0. The molecule has 0 aromatic rings. The van der Waals surface area contributed by atoms with Crippen molar-refractivity contribution < 1.29 is 23.7 Å². The average Bonchev–Trinajstić information content (AvgIpc) is 3.83. The van der Waals surface area contributed by atoms with Crippen LogP contribution in [0.25, 0.3) is 0 Å². The Hall–Kier alpha value is -0.890. The maximum Gasteiger partial charge on any atom is 0.323 e. The smallest absolute Gasteiger partial charge is 0.323 e. The number of urea groups is 1. The number of carbonyl (C=O) groups is 1. The van der Waals surface area contributed by atoms with Crippen LogP contribution in [0.5, 0.6) is 0 Å². The lowest BCUT2D eigenvalue weighted by atomic mass is 9.78. The van der Waals surface area contributed by atoms with Crippen LogP contribution in [0.1, 0.15) is 116 Å². The minimum Gasteiger partial charge on any atom is -0.378 e. The first-order chi connectivity index (χ1) is 18.7. The maximum atomic E-state index is 12.9. The molecule has 3 atom stereocenters. The number of amides is 2. The van der Waals surface area contributed by atoms with Gasteiger partial charge in [0, 0.05) is 13.1 Å². The van der Waals surface area contributed by atoms with Gasteiger partial charge in [-0.2, -0.15) is 0 Å². The summed E-state index contributed by atoms with van der Waals surface area (Å²) in [4.78, 5) is 16.6. The van der Waals surface area contributed by atoms with Crippen LogP contribution in [0.2, 0.25) is 0 Å². The van der Waals surface area contributed by atoms with Crippen LogP contribution < -0.4 is 0 Å². The van der Waals surface area contributed by atoms with Crippen LogP contribution in [0.4, 0.5) is 4.79 Å². The molecule has 38 heavy (non-hydrogen) atoms. The van der Waals surface area contributed by atoms with E-state index in [-0.39, 0.29) is 18.2 Å². The molecule has 4 aliphatic carbocycles. The molecule has 3 unspecified atom stereocenters. The van der Waals surface area contributed by atoms with Crippen molar-refractivity contribution in [2.75, 3.05) is 39.8 Å². The van der Waals surface area contributed by atoms with Gasteiger partial charge < -0.3 is 23.8 Å². The highest BCUT2D eigenvalue weighted by Gasteiger charge is 2.35. The van der Waals surface area contributed by atoms with Gasteiger partial charge in [0.2, 0.25) is 0 Å². The Morgan fingerprint density at radius 2 is 1.03 bits per heavy atom. The summed E-state index contributed by atoms with van der Waals surface area (Å²) >= 11 is 0. The van der Waals surface area contributed by atoms with Crippen molar-refractivity contribution in [1.82, 2.24) is 9.80 Å². The van der Waals surface area contributed by atoms with Crippen molar-refractivity contribution in [3.05, 3.63) is 0 Å². The van der Waals surface area contributed by atoms with Crippen LogP contribution in [0.3, 0.4) is 0 Å². The van der Waals surface area contributed by atoms with Crippen LogP contribution in [-0.2, 0) is 18.9 Å². The first-order valence-corrected chi connectivity index (χ1v) is 16.2. The topological polar surface area (TPSA) is 60.2 Å². The minimum atomic E-state index is 0.0626. The minimum absolute atomic E-state index is 0.0626. The Balaban J connectivity index is 1.11. The van der Waals surface area contributed by atoms with Gasteiger partial charge in [0.05, 0.1) is 37.6 Å². The Morgan fingerprint density at radius 1 is 0.553 bits per heavy atom. The molecular weight excluding hydrogens is 480 g/mol. The SMILES string of the molecule is O=C(N1CC1)N(COC1CCCCC1)COC1CCC(COC2CCCCC2)C(COC2CCCCC2)C1. The fourth-order valence-corrected chi connectivity index (χ4v) is 7.05. The molecule has 0 radical (unpaired) electrons. The van der Waals surface area contributed by atoms with E-state index in [2.05, 4.69) is 0 Å². The van der Waals surface area contributed by atoms with E-state index in [0.717, 1.165) is 58.4 Å². The van der Waals surface area contributed by atoms with E-state index in [0.29, 0.717) is 37.5 Å². The second kappa shape index (κ2) is 15.2. The number of hydrogen-bond donors (Lipinski definition) is 0. The molecule has 0 aromatic heterocycles. The molecule has 5 aliphatic rings. The number of nitrogens with zero attached hydrogens (tertiary/aromatic N) is 2. The van der Waals surface area contributed by atoms with E-state index in [4.69, 9.17) is 18.9 Å². The van der Waals surface area contributed by atoms with E-state index in [1.807, 2.05) is 4.90 Å². The van der Waals surface area contributed by atoms with E-state index in [1.54, 1.807) is 4.90 Å². The van der Waals surface area contributed by atoms with Crippen molar-refractivity contribution in [3.63, 3.8) is 0 Å². The maximum absolute atomic E-state index is 12.9. The lowest BCUT2D eigenvalue weighted by molar-refractivity contribution is -0.107. The predicted octanol–water partition coefficient (Wildman–Crippen LogP) is 6.49. The van der Waals surface area contributed by atoms with Gasteiger partial charge >= 0.3 is 6.03 Å². The van der Waals surface area contributed by atoms with E-state index in [1.165, 1.54) is 83.5 Å². The van der Waals surface area contributed by atoms with Crippen molar-refractivity contribution in [2.45, 2.75) is 140 Å². The third kappa shape index (κ3) is 9.07. The van der Waals surface area contributed by atoms with E-state index < -0.39 is 0 Å². The van der Waals surface area contributed by atoms with Gasteiger partial charge in [-0.1, -0.05) is 57.8 Å². The normalized spacial score (nSPS) is 29.9. The quantitative estimate of drug-likeness (QED) is 0.212. The van der Waals surface area contributed by atoms with Crippen molar-refractivity contribution in [1.29, 1.82) is 0 Å². The molecule has 5 rings (SSSR count). The summed E-state index contributed by atoms with van der Waals surface area (Å²) in [5.74, 6) is 1.01. The first kappa shape index (κ1) is 28.6. The standard InChI is InChI=1S/C31H54N2O5/c34-31(32-18-19-32)33(23-37-29-14-8-3-9-15-29)24-38-30-17-16-25(21-35-27-10-4-1-5-11-27)26(20-30)22-36-28-12-6-2-7-13-28/h25-30H,1-24H2. The number of ether oxygens (including phenoxy) is 4. The Morgan fingerprint density at radius 3 is 1.55 bits per heavy atom. The summed E-state index contributed by atoms with van der Waals surface area (Å²) in [6, 6.07) is 0.0626. The van der Waals surface area contributed by atoms with Gasteiger partial charge in [-0.25, -0.2) is 4.79 Å². The molecule has 5 fully saturated rings. The van der Waals surface area contributed by atoms with Gasteiger partial charge in [-0.05, 0) is 69.6 Å². The lowest BCUT2D eigenvalue weighted by Gasteiger charge is -2.38. The molecule has 2 amide bonds. The molecule has 7 heteroatoms. The van der Waals surface area contributed by atoms with Gasteiger partial charge in [0.15, 0.2) is 0 Å². The second-order valence-corrected chi connectivity index (χ2v) is 12.8. The lowest BCUT2D eigenvalue weighted by Crippen LogP contribution is -2.42. The molecular formula is C31H54N2O5. The zero-order chi connectivity index (χ0) is 26.0. The number of rotatable bonds is 12. The average molecular weight is 535 g/mol. The zero-order valence-electron chi connectivity index (χ0n) is 23.9. The third-order valence-electron chi connectivity index (χ3n) is 9.76. The fraction of sp³-hybridized carbons (Fsp3) is 0.968. The molecule has 1 saturated heterocycles. The van der Waals surface area contributed by atoms with Crippen LogP contribution in [0.15, 0.2) is 0 Å². The Bertz CT molecular complexity index is 686.